The highest BCUT2D eigenvalue weighted by molar-refractivity contribution is 7.84. The molecule has 1 aromatic carbocycles. The molecule has 3 nitrogen and oxygen atoms in total. The normalized spacial score (nSPS) is 14.0. The number of carbonyl (C=O) groups is 1. The van der Waals surface area contributed by atoms with Gasteiger partial charge in [-0.1, -0.05) is 30.7 Å². The summed E-state index contributed by atoms with van der Waals surface area (Å²) in [6.45, 7) is 1.64. The number of carbonyl (C=O) groups excluding carboxylic acids is 1. The first-order valence-corrected chi connectivity index (χ1v) is 7.18. The van der Waals surface area contributed by atoms with Crippen molar-refractivity contribution in [2.45, 2.75) is 12.7 Å². The predicted molar refractivity (Wildman–Crippen MR) is 69.3 cm³/mol. The Bertz CT molecular complexity index is 465. The number of ether oxygens (including phenoxy) is 1. The van der Waals surface area contributed by atoms with Crippen LogP contribution < -0.4 is 0 Å². The van der Waals surface area contributed by atoms with Gasteiger partial charge in [-0.05, 0) is 11.6 Å². The molecule has 0 saturated carbocycles. The molecule has 2 atom stereocenters. The maximum atomic E-state index is 13.2. The van der Waals surface area contributed by atoms with E-state index in [4.69, 9.17) is 11.6 Å². The molecule has 18 heavy (non-hydrogen) atoms. The quantitative estimate of drug-likeness (QED) is 0.783. The molecule has 100 valence electrons. The molecular formula is C12H14ClFO3S. The summed E-state index contributed by atoms with van der Waals surface area (Å²) in [6, 6.07) is 4.37. The molecule has 0 bridgehead atoms. The van der Waals surface area contributed by atoms with Gasteiger partial charge in [0.15, 0.2) is 0 Å². The van der Waals surface area contributed by atoms with E-state index in [2.05, 4.69) is 4.74 Å². The Morgan fingerprint density at radius 3 is 2.83 bits per heavy atom. The summed E-state index contributed by atoms with van der Waals surface area (Å²) in [6.07, 6.45) is 0. The number of hydrogen-bond donors (Lipinski definition) is 0. The summed E-state index contributed by atoms with van der Waals surface area (Å²) < 4.78 is 29.5. The van der Waals surface area contributed by atoms with Crippen molar-refractivity contribution in [3.63, 3.8) is 0 Å². The predicted octanol–water partition coefficient (Wildman–Crippen LogP) is 2.54. The van der Waals surface area contributed by atoms with Crippen molar-refractivity contribution >= 4 is 28.4 Å². The minimum absolute atomic E-state index is 0.0171. The Hall–Kier alpha value is -0.940. The van der Waals surface area contributed by atoms with Crippen molar-refractivity contribution in [3.05, 3.63) is 34.6 Å². The SMILES string of the molecule is COC(=O)C(C)CS(=O)Cc1cccc(F)c1Cl. The lowest BCUT2D eigenvalue weighted by molar-refractivity contribution is -0.144. The highest BCUT2D eigenvalue weighted by atomic mass is 35.5. The van der Waals surface area contributed by atoms with Crippen LogP contribution in [0.15, 0.2) is 18.2 Å². The average molecular weight is 293 g/mol. The Balaban J connectivity index is 2.65. The molecule has 1 aromatic rings. The van der Waals surface area contributed by atoms with Gasteiger partial charge in [-0.15, -0.1) is 0 Å². The van der Waals surface area contributed by atoms with E-state index < -0.39 is 28.5 Å². The molecule has 0 aliphatic carbocycles. The third kappa shape index (κ3) is 4.07. The number of methoxy groups -OCH3 is 1. The summed E-state index contributed by atoms with van der Waals surface area (Å²) in [5, 5.41) is -0.0171. The first-order valence-electron chi connectivity index (χ1n) is 5.31. The van der Waals surface area contributed by atoms with Gasteiger partial charge in [-0.2, -0.15) is 0 Å². The van der Waals surface area contributed by atoms with E-state index >= 15 is 0 Å². The summed E-state index contributed by atoms with van der Waals surface area (Å²) in [5.41, 5.74) is 0.479. The van der Waals surface area contributed by atoms with Crippen LogP contribution in [0.1, 0.15) is 12.5 Å². The molecule has 0 aliphatic rings. The molecule has 0 fully saturated rings. The fraction of sp³-hybridized carbons (Fsp3) is 0.417. The second-order valence-corrected chi connectivity index (χ2v) is 5.77. The first kappa shape index (κ1) is 15.1. The zero-order valence-electron chi connectivity index (χ0n) is 10.1. The number of esters is 1. The van der Waals surface area contributed by atoms with Gasteiger partial charge in [0, 0.05) is 16.6 Å². The summed E-state index contributed by atoms with van der Waals surface area (Å²) >= 11 is 5.76. The van der Waals surface area contributed by atoms with Crippen LogP contribution in [0.25, 0.3) is 0 Å². The van der Waals surface area contributed by atoms with Gasteiger partial charge < -0.3 is 4.74 Å². The minimum Gasteiger partial charge on any atom is -0.469 e. The summed E-state index contributed by atoms with van der Waals surface area (Å²) in [7, 11) is -0.0108. The standard InChI is InChI=1S/C12H14ClFO3S/c1-8(12(15)17-2)6-18(16)7-9-4-3-5-10(14)11(9)13/h3-5,8H,6-7H2,1-2H3. The molecule has 0 heterocycles. The zero-order chi connectivity index (χ0) is 13.7. The Morgan fingerprint density at radius 2 is 2.22 bits per heavy atom. The molecule has 0 saturated heterocycles. The molecular weight excluding hydrogens is 279 g/mol. The maximum absolute atomic E-state index is 13.2. The molecule has 0 amide bonds. The van der Waals surface area contributed by atoms with Crippen molar-refractivity contribution in [1.29, 1.82) is 0 Å². The third-order valence-corrected chi connectivity index (χ3v) is 4.32. The van der Waals surface area contributed by atoms with Gasteiger partial charge in [0.2, 0.25) is 0 Å². The Kier molecular flexibility index (Phi) is 5.75. The van der Waals surface area contributed by atoms with Gasteiger partial charge in [0.25, 0.3) is 0 Å². The van der Waals surface area contributed by atoms with Crippen LogP contribution in [-0.4, -0.2) is 23.0 Å². The van der Waals surface area contributed by atoms with Crippen LogP contribution in [0.2, 0.25) is 5.02 Å². The molecule has 6 heteroatoms. The highest BCUT2D eigenvalue weighted by Gasteiger charge is 2.17. The van der Waals surface area contributed by atoms with Crippen molar-refractivity contribution in [3.8, 4) is 0 Å². The number of rotatable bonds is 5. The molecule has 0 radical (unpaired) electrons. The molecule has 1 rings (SSSR count). The van der Waals surface area contributed by atoms with E-state index in [1.165, 1.54) is 19.2 Å². The Morgan fingerprint density at radius 1 is 1.56 bits per heavy atom. The lowest BCUT2D eigenvalue weighted by atomic mass is 10.2. The van der Waals surface area contributed by atoms with E-state index in [0.717, 1.165) is 0 Å². The van der Waals surface area contributed by atoms with Gasteiger partial charge in [0.1, 0.15) is 5.82 Å². The van der Waals surface area contributed by atoms with Crippen molar-refractivity contribution < 1.29 is 18.1 Å². The topological polar surface area (TPSA) is 43.4 Å². The fourth-order valence-electron chi connectivity index (χ4n) is 1.44. The van der Waals surface area contributed by atoms with Crippen molar-refractivity contribution in [2.24, 2.45) is 5.92 Å². The molecule has 2 unspecified atom stereocenters. The van der Waals surface area contributed by atoms with Crippen LogP contribution in [-0.2, 0) is 26.1 Å². The minimum atomic E-state index is -1.29. The zero-order valence-corrected chi connectivity index (χ0v) is 11.7. The lowest BCUT2D eigenvalue weighted by Crippen LogP contribution is -2.20. The van der Waals surface area contributed by atoms with Gasteiger partial charge in [-0.25, -0.2) is 4.39 Å². The van der Waals surface area contributed by atoms with Crippen molar-refractivity contribution in [2.75, 3.05) is 12.9 Å². The van der Waals surface area contributed by atoms with Crippen molar-refractivity contribution in [1.82, 2.24) is 0 Å². The van der Waals surface area contributed by atoms with E-state index in [0.29, 0.717) is 5.56 Å². The molecule has 0 aromatic heterocycles. The van der Waals surface area contributed by atoms with E-state index in [9.17, 15) is 13.4 Å². The fourth-order valence-corrected chi connectivity index (χ4v) is 3.11. The number of halogens is 2. The number of benzene rings is 1. The molecule has 0 spiro atoms. The Labute approximate surface area is 113 Å². The summed E-state index contributed by atoms with van der Waals surface area (Å²) in [4.78, 5) is 11.2. The van der Waals surface area contributed by atoms with E-state index in [-0.39, 0.29) is 16.5 Å². The summed E-state index contributed by atoms with van der Waals surface area (Å²) in [5.74, 6) is -1.11. The third-order valence-electron chi connectivity index (χ3n) is 2.39. The van der Waals surface area contributed by atoms with Crippen LogP contribution >= 0.6 is 11.6 Å². The second-order valence-electron chi connectivity index (χ2n) is 3.89. The average Bonchev–Trinajstić information content (AvgIpc) is 2.33. The lowest BCUT2D eigenvalue weighted by Gasteiger charge is -2.09. The molecule has 0 N–H and O–H groups in total. The van der Waals surface area contributed by atoms with Gasteiger partial charge in [0.05, 0.1) is 23.8 Å². The van der Waals surface area contributed by atoms with Crippen LogP contribution in [0.3, 0.4) is 0 Å². The van der Waals surface area contributed by atoms with Gasteiger partial charge in [-0.3, -0.25) is 9.00 Å². The van der Waals surface area contributed by atoms with Crippen LogP contribution in [0, 0.1) is 11.7 Å². The highest BCUT2D eigenvalue weighted by Crippen LogP contribution is 2.21. The maximum Gasteiger partial charge on any atom is 0.309 e. The second kappa shape index (κ2) is 6.85. The molecule has 0 aliphatic heterocycles. The monoisotopic (exact) mass is 292 g/mol. The van der Waals surface area contributed by atoms with Crippen LogP contribution in [0.4, 0.5) is 4.39 Å². The largest absolute Gasteiger partial charge is 0.469 e. The smallest absolute Gasteiger partial charge is 0.309 e. The van der Waals surface area contributed by atoms with Gasteiger partial charge >= 0.3 is 5.97 Å². The van der Waals surface area contributed by atoms with E-state index in [1.54, 1.807) is 13.0 Å². The number of hydrogen-bond acceptors (Lipinski definition) is 3. The van der Waals surface area contributed by atoms with E-state index in [1.807, 2.05) is 0 Å². The first-order chi connectivity index (χ1) is 8.45. The van der Waals surface area contributed by atoms with Crippen LogP contribution in [0.5, 0.6) is 0 Å².